The Morgan fingerprint density at radius 2 is 1.48 bits per heavy atom. The first-order chi connectivity index (χ1) is 12.3. The average molecular weight is 327 g/mol. The smallest absolute Gasteiger partial charge is 0.162 e. The maximum atomic E-state index is 5.22. The number of benzene rings is 3. The van der Waals surface area contributed by atoms with Gasteiger partial charge in [0.1, 0.15) is 11.6 Å². The molecule has 3 aromatic carbocycles. The van der Waals surface area contributed by atoms with E-state index in [0.29, 0.717) is 5.82 Å². The van der Waals surface area contributed by atoms with Crippen molar-refractivity contribution in [2.45, 2.75) is 0 Å². The van der Waals surface area contributed by atoms with E-state index in [-0.39, 0.29) is 0 Å². The van der Waals surface area contributed by atoms with Gasteiger partial charge in [0, 0.05) is 16.6 Å². The van der Waals surface area contributed by atoms with Crippen LogP contribution in [0.15, 0.2) is 78.9 Å². The van der Waals surface area contributed by atoms with Gasteiger partial charge in [-0.15, -0.1) is 0 Å². The third kappa shape index (κ3) is 3.15. The zero-order valence-corrected chi connectivity index (χ0v) is 13.8. The van der Waals surface area contributed by atoms with Gasteiger partial charge < -0.3 is 10.1 Å². The molecule has 0 amide bonds. The van der Waals surface area contributed by atoms with Gasteiger partial charge in [0.2, 0.25) is 0 Å². The van der Waals surface area contributed by atoms with Crippen LogP contribution in [0.25, 0.3) is 22.3 Å². The van der Waals surface area contributed by atoms with E-state index in [1.165, 1.54) is 0 Å². The van der Waals surface area contributed by atoms with Gasteiger partial charge in [-0.1, -0.05) is 30.3 Å². The minimum atomic E-state index is 0.680. The van der Waals surface area contributed by atoms with Gasteiger partial charge in [0.05, 0.1) is 12.6 Å². The van der Waals surface area contributed by atoms with Crippen LogP contribution in [0.4, 0.5) is 11.5 Å². The minimum absolute atomic E-state index is 0.680. The number of hydrogen-bond acceptors (Lipinski definition) is 4. The van der Waals surface area contributed by atoms with E-state index in [4.69, 9.17) is 14.7 Å². The molecule has 4 aromatic rings. The van der Waals surface area contributed by atoms with Crippen LogP contribution in [0.5, 0.6) is 5.75 Å². The van der Waals surface area contributed by atoms with Crippen LogP contribution in [0, 0.1) is 0 Å². The Hall–Kier alpha value is -3.40. The van der Waals surface area contributed by atoms with Crippen LogP contribution in [-0.4, -0.2) is 17.1 Å². The Morgan fingerprint density at radius 3 is 2.24 bits per heavy atom. The van der Waals surface area contributed by atoms with Crippen molar-refractivity contribution in [1.82, 2.24) is 9.97 Å². The van der Waals surface area contributed by atoms with Gasteiger partial charge in [-0.25, -0.2) is 9.97 Å². The van der Waals surface area contributed by atoms with E-state index < -0.39 is 0 Å². The molecule has 1 aromatic heterocycles. The number of nitrogens with zero attached hydrogens (tertiary/aromatic N) is 2. The highest BCUT2D eigenvalue weighted by Gasteiger charge is 2.09. The summed E-state index contributed by atoms with van der Waals surface area (Å²) in [5.74, 6) is 2.29. The Balaban J connectivity index is 1.82. The van der Waals surface area contributed by atoms with Crippen molar-refractivity contribution in [3.8, 4) is 17.1 Å². The van der Waals surface area contributed by atoms with Crippen molar-refractivity contribution in [2.75, 3.05) is 12.4 Å². The molecule has 0 bridgehead atoms. The summed E-state index contributed by atoms with van der Waals surface area (Å²) in [7, 11) is 1.66. The SMILES string of the molecule is COc1ccc(-c2nc(Nc3ccccc3)c3ccccc3n2)cc1. The summed E-state index contributed by atoms with van der Waals surface area (Å²) < 4.78 is 5.22. The molecule has 0 aliphatic carbocycles. The van der Waals surface area contributed by atoms with Gasteiger partial charge in [0.25, 0.3) is 0 Å². The number of ether oxygens (including phenoxy) is 1. The Bertz CT molecular complexity index is 998. The third-order valence-electron chi connectivity index (χ3n) is 3.99. The first kappa shape index (κ1) is 15.1. The predicted molar refractivity (Wildman–Crippen MR) is 101 cm³/mol. The molecule has 0 unspecified atom stereocenters. The molecule has 0 saturated carbocycles. The molecular weight excluding hydrogens is 310 g/mol. The number of nitrogens with one attached hydrogen (secondary N) is 1. The van der Waals surface area contributed by atoms with E-state index in [9.17, 15) is 0 Å². The normalized spacial score (nSPS) is 10.6. The standard InChI is InChI=1S/C21H17N3O/c1-25-17-13-11-15(12-14-17)20-23-19-10-6-5-9-18(19)21(24-20)22-16-7-3-2-4-8-16/h2-14H,1H3,(H,22,23,24). The fraction of sp³-hybridized carbons (Fsp3) is 0.0476. The highest BCUT2D eigenvalue weighted by atomic mass is 16.5. The molecule has 0 radical (unpaired) electrons. The van der Waals surface area contributed by atoms with Crippen LogP contribution in [0.2, 0.25) is 0 Å². The number of methoxy groups -OCH3 is 1. The third-order valence-corrected chi connectivity index (χ3v) is 3.99. The number of para-hydroxylation sites is 2. The number of anilines is 2. The fourth-order valence-corrected chi connectivity index (χ4v) is 2.70. The van der Waals surface area contributed by atoms with Crippen LogP contribution in [0.1, 0.15) is 0 Å². The highest BCUT2D eigenvalue weighted by Crippen LogP contribution is 2.28. The van der Waals surface area contributed by atoms with E-state index in [2.05, 4.69) is 5.32 Å². The lowest BCUT2D eigenvalue weighted by atomic mass is 10.1. The van der Waals surface area contributed by atoms with Gasteiger partial charge >= 0.3 is 0 Å². The van der Waals surface area contributed by atoms with Crippen LogP contribution in [-0.2, 0) is 0 Å². The molecule has 0 saturated heterocycles. The van der Waals surface area contributed by atoms with E-state index in [0.717, 1.165) is 33.7 Å². The summed E-state index contributed by atoms with van der Waals surface area (Å²) >= 11 is 0. The first-order valence-electron chi connectivity index (χ1n) is 8.07. The maximum Gasteiger partial charge on any atom is 0.162 e. The van der Waals surface area contributed by atoms with Gasteiger partial charge in [-0.3, -0.25) is 0 Å². The highest BCUT2D eigenvalue weighted by molar-refractivity contribution is 5.92. The second-order valence-electron chi connectivity index (χ2n) is 5.63. The first-order valence-corrected chi connectivity index (χ1v) is 8.07. The van der Waals surface area contributed by atoms with Crippen LogP contribution in [0.3, 0.4) is 0 Å². The summed E-state index contributed by atoms with van der Waals surface area (Å²) in [6.07, 6.45) is 0. The zero-order valence-electron chi connectivity index (χ0n) is 13.8. The Morgan fingerprint density at radius 1 is 0.760 bits per heavy atom. The van der Waals surface area contributed by atoms with Crippen molar-refractivity contribution in [3.63, 3.8) is 0 Å². The topological polar surface area (TPSA) is 47.0 Å². The summed E-state index contributed by atoms with van der Waals surface area (Å²) in [5, 5.41) is 4.39. The van der Waals surface area contributed by atoms with Crippen molar-refractivity contribution >= 4 is 22.4 Å². The predicted octanol–water partition coefficient (Wildman–Crippen LogP) is 5.05. The number of aromatic nitrogens is 2. The lowest BCUT2D eigenvalue weighted by molar-refractivity contribution is 0.415. The maximum absolute atomic E-state index is 5.22. The van der Waals surface area contributed by atoms with E-state index in [1.807, 2.05) is 78.9 Å². The second kappa shape index (κ2) is 6.61. The average Bonchev–Trinajstić information content (AvgIpc) is 2.69. The van der Waals surface area contributed by atoms with Crippen LogP contribution < -0.4 is 10.1 Å². The molecule has 0 aliphatic rings. The lowest BCUT2D eigenvalue weighted by Gasteiger charge is -2.11. The molecule has 0 spiro atoms. The molecule has 1 heterocycles. The monoisotopic (exact) mass is 327 g/mol. The lowest BCUT2D eigenvalue weighted by Crippen LogP contribution is -1.99. The largest absolute Gasteiger partial charge is 0.497 e. The van der Waals surface area contributed by atoms with Crippen LogP contribution >= 0.6 is 0 Å². The molecule has 0 aliphatic heterocycles. The molecule has 25 heavy (non-hydrogen) atoms. The van der Waals surface area contributed by atoms with Gasteiger partial charge in [-0.2, -0.15) is 0 Å². The van der Waals surface area contributed by atoms with Gasteiger partial charge in [0.15, 0.2) is 5.82 Å². The number of rotatable bonds is 4. The van der Waals surface area contributed by atoms with E-state index >= 15 is 0 Å². The Labute approximate surface area is 146 Å². The molecule has 122 valence electrons. The van der Waals surface area contributed by atoms with E-state index in [1.54, 1.807) is 7.11 Å². The molecule has 1 N–H and O–H groups in total. The van der Waals surface area contributed by atoms with Gasteiger partial charge in [-0.05, 0) is 48.5 Å². The molecule has 0 atom stereocenters. The summed E-state index contributed by atoms with van der Waals surface area (Å²) in [6, 6.07) is 25.8. The number of fused-ring (bicyclic) bond motifs is 1. The summed E-state index contributed by atoms with van der Waals surface area (Å²) in [4.78, 5) is 9.47. The zero-order chi connectivity index (χ0) is 17.1. The molecule has 0 fully saturated rings. The van der Waals surface area contributed by atoms with Crippen molar-refractivity contribution in [3.05, 3.63) is 78.9 Å². The summed E-state index contributed by atoms with van der Waals surface area (Å²) in [6.45, 7) is 0. The van der Waals surface area contributed by atoms with Crippen molar-refractivity contribution in [1.29, 1.82) is 0 Å². The molecule has 4 nitrogen and oxygen atoms in total. The quantitative estimate of drug-likeness (QED) is 0.570. The molecular formula is C21H17N3O. The minimum Gasteiger partial charge on any atom is -0.497 e. The van der Waals surface area contributed by atoms with Crippen molar-refractivity contribution in [2.24, 2.45) is 0 Å². The number of hydrogen-bond donors (Lipinski definition) is 1. The summed E-state index contributed by atoms with van der Waals surface area (Å²) in [5.41, 5.74) is 2.84. The fourth-order valence-electron chi connectivity index (χ4n) is 2.70. The second-order valence-corrected chi connectivity index (χ2v) is 5.63. The molecule has 4 rings (SSSR count). The molecule has 4 heteroatoms. The Kier molecular flexibility index (Phi) is 4.01. The van der Waals surface area contributed by atoms with Crippen molar-refractivity contribution < 1.29 is 4.74 Å².